The van der Waals surface area contributed by atoms with Crippen molar-refractivity contribution in [3.8, 4) is 5.82 Å². The summed E-state index contributed by atoms with van der Waals surface area (Å²) in [5.74, 6) is 0.633. The third-order valence-electron chi connectivity index (χ3n) is 5.67. The first-order chi connectivity index (χ1) is 14.1. The highest BCUT2D eigenvalue weighted by Crippen LogP contribution is 2.39. The average Bonchev–Trinajstić information content (AvgIpc) is 3.24. The lowest BCUT2D eigenvalue weighted by molar-refractivity contribution is -0.664. The maximum Gasteiger partial charge on any atom is 0.305 e. The molecule has 0 aliphatic carbocycles. The molecule has 3 nitrogen and oxygen atoms in total. The van der Waals surface area contributed by atoms with E-state index >= 15 is 0 Å². The Labute approximate surface area is 170 Å². The Morgan fingerprint density at radius 1 is 0.897 bits per heavy atom. The molecule has 0 N–H and O–H groups in total. The van der Waals surface area contributed by atoms with E-state index < -0.39 is 5.95 Å². The standard InChI is InChI=1S/C24H17FN3S/c1-14-6-5-8-16-15-7-3-4-9-19(15)28(21(14)16)24-22-17(12-13-27(24)2)18-10-11-20(25)26-23(18)29-22/h3-13H,1-2H3/q+1. The van der Waals surface area contributed by atoms with Gasteiger partial charge in [-0.1, -0.05) is 24.3 Å². The Morgan fingerprint density at radius 3 is 2.62 bits per heavy atom. The summed E-state index contributed by atoms with van der Waals surface area (Å²) in [6.45, 7) is 2.15. The molecule has 29 heavy (non-hydrogen) atoms. The second-order valence-corrected chi connectivity index (χ2v) is 8.40. The van der Waals surface area contributed by atoms with Gasteiger partial charge in [-0.25, -0.2) is 9.55 Å². The van der Waals surface area contributed by atoms with E-state index in [2.05, 4.69) is 82.8 Å². The van der Waals surface area contributed by atoms with Gasteiger partial charge in [-0.15, -0.1) is 11.3 Å². The lowest BCUT2D eigenvalue weighted by atomic mass is 10.1. The topological polar surface area (TPSA) is 21.7 Å². The van der Waals surface area contributed by atoms with Crippen molar-refractivity contribution in [2.75, 3.05) is 0 Å². The van der Waals surface area contributed by atoms with E-state index in [1.807, 2.05) is 6.07 Å². The van der Waals surface area contributed by atoms with Gasteiger partial charge in [0.2, 0.25) is 5.95 Å². The van der Waals surface area contributed by atoms with Gasteiger partial charge in [-0.05, 0) is 48.9 Å². The maximum absolute atomic E-state index is 13.8. The molecule has 0 saturated heterocycles. The fraction of sp³-hybridized carbons (Fsp3) is 0.0833. The van der Waals surface area contributed by atoms with Crippen LogP contribution in [0, 0.1) is 12.9 Å². The molecule has 4 heterocycles. The molecule has 0 atom stereocenters. The first-order valence-electron chi connectivity index (χ1n) is 9.50. The van der Waals surface area contributed by atoms with Gasteiger partial charge < -0.3 is 0 Å². The van der Waals surface area contributed by atoms with Crippen LogP contribution >= 0.6 is 11.3 Å². The summed E-state index contributed by atoms with van der Waals surface area (Å²) >= 11 is 1.55. The highest BCUT2D eigenvalue weighted by atomic mass is 32.1. The van der Waals surface area contributed by atoms with Gasteiger partial charge in [0.25, 0.3) is 0 Å². The number of rotatable bonds is 1. The van der Waals surface area contributed by atoms with E-state index in [0.29, 0.717) is 0 Å². The second kappa shape index (κ2) is 5.84. The van der Waals surface area contributed by atoms with Crippen molar-refractivity contribution in [2.24, 2.45) is 7.05 Å². The van der Waals surface area contributed by atoms with E-state index in [4.69, 9.17) is 0 Å². The molecule has 0 aliphatic rings. The number of para-hydroxylation sites is 2. The number of aromatic nitrogens is 3. The van der Waals surface area contributed by atoms with E-state index in [9.17, 15) is 4.39 Å². The lowest BCUT2D eigenvalue weighted by Gasteiger charge is -2.06. The summed E-state index contributed by atoms with van der Waals surface area (Å²) in [4.78, 5) is 4.87. The van der Waals surface area contributed by atoms with Crippen molar-refractivity contribution in [3.05, 3.63) is 78.4 Å². The molecule has 140 valence electrons. The molecule has 0 unspecified atom stereocenters. The monoisotopic (exact) mass is 398 g/mol. The normalized spacial score (nSPS) is 12.0. The summed E-state index contributed by atoms with van der Waals surface area (Å²) in [7, 11) is 2.06. The van der Waals surface area contributed by atoms with Crippen molar-refractivity contribution in [3.63, 3.8) is 0 Å². The minimum Gasteiger partial charge on any atom is -0.235 e. The molecule has 0 bridgehead atoms. The predicted molar refractivity (Wildman–Crippen MR) is 117 cm³/mol. The molecule has 0 radical (unpaired) electrons. The first kappa shape index (κ1) is 16.6. The minimum absolute atomic E-state index is 0.442. The molecular weight excluding hydrogens is 381 g/mol. The number of aryl methyl sites for hydroxylation is 2. The summed E-state index contributed by atoms with van der Waals surface area (Å²) < 4.78 is 19.4. The molecular formula is C24H17FN3S+. The van der Waals surface area contributed by atoms with Crippen LogP contribution in [0.4, 0.5) is 4.39 Å². The second-order valence-electron chi connectivity index (χ2n) is 7.41. The molecule has 0 aliphatic heterocycles. The highest BCUT2D eigenvalue weighted by Gasteiger charge is 2.26. The van der Waals surface area contributed by atoms with Crippen molar-refractivity contribution in [1.82, 2.24) is 9.55 Å². The maximum atomic E-state index is 13.8. The quantitative estimate of drug-likeness (QED) is 0.253. The number of pyridine rings is 2. The van der Waals surface area contributed by atoms with Crippen molar-refractivity contribution >= 4 is 53.4 Å². The van der Waals surface area contributed by atoms with Gasteiger partial charge in [0.15, 0.2) is 0 Å². The Kier molecular flexibility index (Phi) is 3.35. The van der Waals surface area contributed by atoms with Crippen LogP contribution in [0.1, 0.15) is 5.56 Å². The molecule has 5 heteroatoms. The van der Waals surface area contributed by atoms with Crippen LogP contribution in [-0.2, 0) is 7.05 Å². The van der Waals surface area contributed by atoms with Gasteiger partial charge in [-0.2, -0.15) is 8.96 Å². The number of thiophene rings is 1. The van der Waals surface area contributed by atoms with Crippen molar-refractivity contribution < 1.29 is 8.96 Å². The first-order valence-corrected chi connectivity index (χ1v) is 10.3. The average molecular weight is 398 g/mol. The molecule has 0 spiro atoms. The van der Waals surface area contributed by atoms with Crippen LogP contribution in [-0.4, -0.2) is 9.55 Å². The Balaban J connectivity index is 1.87. The Hall–Kier alpha value is -3.31. The van der Waals surface area contributed by atoms with Crippen LogP contribution in [0.25, 0.3) is 47.9 Å². The third-order valence-corrected chi connectivity index (χ3v) is 6.78. The van der Waals surface area contributed by atoms with E-state index in [1.165, 1.54) is 27.9 Å². The van der Waals surface area contributed by atoms with Crippen LogP contribution in [0.5, 0.6) is 0 Å². The summed E-state index contributed by atoms with van der Waals surface area (Å²) in [6.07, 6.45) is 2.08. The predicted octanol–water partition coefficient (Wildman–Crippen LogP) is 5.82. The zero-order valence-electron chi connectivity index (χ0n) is 16.0. The Morgan fingerprint density at radius 2 is 1.72 bits per heavy atom. The zero-order valence-corrected chi connectivity index (χ0v) is 16.8. The summed E-state index contributed by atoms with van der Waals surface area (Å²) in [6, 6.07) is 20.3. The third kappa shape index (κ3) is 2.22. The van der Waals surface area contributed by atoms with Crippen LogP contribution in [0.2, 0.25) is 0 Å². The van der Waals surface area contributed by atoms with Crippen molar-refractivity contribution in [1.29, 1.82) is 0 Å². The molecule has 4 aromatic heterocycles. The molecule has 0 saturated carbocycles. The van der Waals surface area contributed by atoms with E-state index in [-0.39, 0.29) is 0 Å². The van der Waals surface area contributed by atoms with Crippen LogP contribution in [0.15, 0.2) is 66.9 Å². The number of nitrogens with zero attached hydrogens (tertiary/aromatic N) is 3. The Bertz CT molecular complexity index is 1590. The smallest absolute Gasteiger partial charge is 0.235 e. The minimum atomic E-state index is -0.442. The summed E-state index contributed by atoms with van der Waals surface area (Å²) in [5, 5.41) is 4.56. The van der Waals surface area contributed by atoms with Crippen LogP contribution in [0.3, 0.4) is 0 Å². The molecule has 6 rings (SSSR count). The van der Waals surface area contributed by atoms with Crippen molar-refractivity contribution in [2.45, 2.75) is 6.92 Å². The molecule has 6 aromatic rings. The fourth-order valence-corrected chi connectivity index (χ4v) is 5.62. The van der Waals surface area contributed by atoms with Crippen LogP contribution < -0.4 is 4.57 Å². The lowest BCUT2D eigenvalue weighted by Crippen LogP contribution is -2.33. The number of benzene rings is 2. The van der Waals surface area contributed by atoms with Gasteiger partial charge in [-0.3, -0.25) is 0 Å². The SMILES string of the molecule is Cc1cccc2c3ccccc3n(-c3c4sc5nc(F)ccc5c4cc[n+]3C)c12. The number of hydrogen-bond acceptors (Lipinski definition) is 2. The number of hydrogen-bond donors (Lipinski definition) is 0. The van der Waals surface area contributed by atoms with Gasteiger partial charge in [0.1, 0.15) is 20.6 Å². The fourth-order valence-electron chi connectivity index (χ4n) is 4.39. The summed E-state index contributed by atoms with van der Waals surface area (Å²) in [5.41, 5.74) is 3.59. The van der Waals surface area contributed by atoms with Gasteiger partial charge in [0.05, 0.1) is 13.2 Å². The number of fused-ring (bicyclic) bond motifs is 6. The number of halogens is 1. The van der Waals surface area contributed by atoms with E-state index in [0.717, 1.165) is 31.6 Å². The molecule has 2 aromatic carbocycles. The highest BCUT2D eigenvalue weighted by molar-refractivity contribution is 7.25. The van der Waals surface area contributed by atoms with Gasteiger partial charge >= 0.3 is 5.82 Å². The zero-order chi connectivity index (χ0) is 19.7. The molecule has 0 fully saturated rings. The largest absolute Gasteiger partial charge is 0.305 e. The van der Waals surface area contributed by atoms with E-state index in [1.54, 1.807) is 11.3 Å². The van der Waals surface area contributed by atoms with Gasteiger partial charge in [0, 0.05) is 21.5 Å². The molecule has 0 amide bonds.